The lowest BCUT2D eigenvalue weighted by atomic mass is 9.97. The van der Waals surface area contributed by atoms with Gasteiger partial charge in [0.25, 0.3) is 0 Å². The number of aliphatic imine (C=N–C) groups is 1. The highest BCUT2D eigenvalue weighted by molar-refractivity contribution is 7.21. The first-order chi connectivity index (χ1) is 14.1. The minimum Gasteiger partial charge on any atom is -0.345 e. The lowest BCUT2D eigenvalue weighted by Crippen LogP contribution is -2.24. The number of carbonyl (C=O) groups is 2. The van der Waals surface area contributed by atoms with Gasteiger partial charge in [-0.15, -0.1) is 11.3 Å². The number of nitrogens with zero attached hydrogens (tertiary/aromatic N) is 3. The third kappa shape index (κ3) is 4.34. The molecule has 0 spiro atoms. The Kier molecular flexibility index (Phi) is 6.23. The maximum Gasteiger partial charge on any atom is 0.227 e. The number of pyridine rings is 1. The molecule has 1 aliphatic carbocycles. The number of hydrogen-bond acceptors (Lipinski definition) is 5. The third-order valence-corrected chi connectivity index (χ3v) is 7.02. The quantitative estimate of drug-likeness (QED) is 0.417. The van der Waals surface area contributed by atoms with Gasteiger partial charge in [0.1, 0.15) is 4.83 Å². The number of ketones is 1. The molecule has 0 atom stereocenters. The number of hydrogen-bond donors (Lipinski definition) is 1. The summed E-state index contributed by atoms with van der Waals surface area (Å²) in [4.78, 5) is 37.1. The molecule has 29 heavy (non-hydrogen) atoms. The zero-order chi connectivity index (χ0) is 20.2. The summed E-state index contributed by atoms with van der Waals surface area (Å²) >= 11 is 1.38. The Hall–Kier alpha value is -2.28. The summed E-state index contributed by atoms with van der Waals surface area (Å²) in [7, 11) is 0. The SMILES string of the molecule is CC(=O)c1sc2nccc(N3CCCC3=O)c2c1NC=NC1CCCCCCC1. The van der Waals surface area contributed by atoms with Crippen molar-refractivity contribution in [2.75, 3.05) is 16.8 Å². The maximum absolute atomic E-state index is 12.3. The van der Waals surface area contributed by atoms with E-state index in [-0.39, 0.29) is 11.7 Å². The fourth-order valence-electron chi connectivity index (χ4n) is 4.31. The van der Waals surface area contributed by atoms with Gasteiger partial charge in [-0.1, -0.05) is 32.1 Å². The van der Waals surface area contributed by atoms with Crippen LogP contribution in [0.5, 0.6) is 0 Å². The molecule has 3 heterocycles. The fraction of sp³-hybridized carbons (Fsp3) is 0.545. The highest BCUT2D eigenvalue weighted by atomic mass is 32.1. The Balaban J connectivity index is 1.66. The number of Topliss-reactive ketones (excluding diaryl/α,β-unsaturated/α-hetero) is 1. The molecule has 2 aliphatic rings. The van der Waals surface area contributed by atoms with Gasteiger partial charge in [0, 0.05) is 26.1 Å². The van der Waals surface area contributed by atoms with Gasteiger partial charge in [-0.25, -0.2) is 4.98 Å². The number of aromatic nitrogens is 1. The van der Waals surface area contributed by atoms with Crippen LogP contribution in [0.4, 0.5) is 11.4 Å². The monoisotopic (exact) mass is 412 g/mol. The van der Waals surface area contributed by atoms with Crippen LogP contribution in [-0.4, -0.2) is 35.6 Å². The minimum atomic E-state index is -0.00597. The Bertz CT molecular complexity index is 928. The van der Waals surface area contributed by atoms with Gasteiger partial charge in [-0.05, 0) is 25.3 Å². The van der Waals surface area contributed by atoms with Crippen molar-refractivity contribution in [2.45, 2.75) is 70.8 Å². The number of amides is 1. The van der Waals surface area contributed by atoms with E-state index in [0.717, 1.165) is 40.9 Å². The van der Waals surface area contributed by atoms with Gasteiger partial charge in [0.2, 0.25) is 5.91 Å². The molecule has 1 saturated heterocycles. The first-order valence-electron chi connectivity index (χ1n) is 10.7. The highest BCUT2D eigenvalue weighted by Crippen LogP contribution is 2.41. The topological polar surface area (TPSA) is 74.7 Å². The lowest BCUT2D eigenvalue weighted by molar-refractivity contribution is -0.117. The Labute approximate surface area is 175 Å². The molecule has 1 amide bonds. The van der Waals surface area contributed by atoms with Crippen molar-refractivity contribution in [3.8, 4) is 0 Å². The Morgan fingerprint density at radius 2 is 2.00 bits per heavy atom. The fourth-order valence-corrected chi connectivity index (χ4v) is 5.33. The van der Waals surface area contributed by atoms with E-state index >= 15 is 0 Å². The molecular formula is C22H28N4O2S. The van der Waals surface area contributed by atoms with E-state index in [1.165, 1.54) is 43.4 Å². The van der Waals surface area contributed by atoms with Gasteiger partial charge in [0.15, 0.2) is 5.78 Å². The summed E-state index contributed by atoms with van der Waals surface area (Å²) in [5.41, 5.74) is 1.57. The van der Waals surface area contributed by atoms with Gasteiger partial charge >= 0.3 is 0 Å². The maximum atomic E-state index is 12.3. The van der Waals surface area contributed by atoms with Crippen LogP contribution < -0.4 is 10.2 Å². The van der Waals surface area contributed by atoms with E-state index in [1.54, 1.807) is 19.5 Å². The largest absolute Gasteiger partial charge is 0.345 e. The molecule has 0 bridgehead atoms. The molecule has 1 saturated carbocycles. The molecule has 2 aromatic heterocycles. The second kappa shape index (κ2) is 9.03. The average Bonchev–Trinajstić information content (AvgIpc) is 3.27. The van der Waals surface area contributed by atoms with Crippen molar-refractivity contribution >= 4 is 51.0 Å². The smallest absolute Gasteiger partial charge is 0.227 e. The molecule has 2 fully saturated rings. The Morgan fingerprint density at radius 1 is 1.24 bits per heavy atom. The van der Waals surface area contributed by atoms with E-state index in [1.807, 2.05) is 11.0 Å². The van der Waals surface area contributed by atoms with Crippen molar-refractivity contribution in [3.63, 3.8) is 0 Å². The van der Waals surface area contributed by atoms with Crippen LogP contribution >= 0.6 is 11.3 Å². The van der Waals surface area contributed by atoms with Crippen molar-refractivity contribution in [2.24, 2.45) is 4.99 Å². The molecule has 7 heteroatoms. The lowest BCUT2D eigenvalue weighted by Gasteiger charge is -2.18. The van der Waals surface area contributed by atoms with Crippen LogP contribution in [-0.2, 0) is 4.79 Å². The van der Waals surface area contributed by atoms with E-state index in [4.69, 9.17) is 4.99 Å². The van der Waals surface area contributed by atoms with E-state index in [0.29, 0.717) is 23.9 Å². The molecule has 4 rings (SSSR count). The minimum absolute atomic E-state index is 0.00597. The number of nitrogens with one attached hydrogen (secondary N) is 1. The van der Waals surface area contributed by atoms with Crippen molar-refractivity contribution in [1.29, 1.82) is 0 Å². The van der Waals surface area contributed by atoms with Crippen LogP contribution in [0.25, 0.3) is 10.2 Å². The summed E-state index contributed by atoms with van der Waals surface area (Å²) in [6.07, 6.45) is 13.5. The molecule has 1 N–H and O–H groups in total. The number of rotatable bonds is 5. The standard InChI is InChI=1S/C22H28N4O2S/c1-15(27)21-20(25-14-24-16-8-5-3-2-4-6-9-16)19-17(11-12-23-22(19)29-21)26-13-7-10-18(26)28/h11-12,14,16H,2-10,13H2,1H3,(H,24,25). The zero-order valence-electron chi connectivity index (χ0n) is 16.9. The first-order valence-corrected chi connectivity index (χ1v) is 11.5. The van der Waals surface area contributed by atoms with Crippen LogP contribution in [0.2, 0.25) is 0 Å². The third-order valence-electron chi connectivity index (χ3n) is 5.82. The Morgan fingerprint density at radius 3 is 2.69 bits per heavy atom. The number of fused-ring (bicyclic) bond motifs is 1. The van der Waals surface area contributed by atoms with Crippen molar-refractivity contribution < 1.29 is 9.59 Å². The van der Waals surface area contributed by atoms with E-state index in [2.05, 4.69) is 10.3 Å². The highest BCUT2D eigenvalue weighted by Gasteiger charge is 2.27. The van der Waals surface area contributed by atoms with Gasteiger partial charge in [-0.3, -0.25) is 14.6 Å². The van der Waals surface area contributed by atoms with E-state index < -0.39 is 0 Å². The number of carbonyl (C=O) groups excluding carboxylic acids is 2. The zero-order valence-corrected chi connectivity index (χ0v) is 17.8. The molecule has 0 aromatic carbocycles. The average molecular weight is 413 g/mol. The van der Waals surface area contributed by atoms with Crippen LogP contribution in [0.15, 0.2) is 17.3 Å². The predicted molar refractivity (Wildman–Crippen MR) is 119 cm³/mol. The first kappa shape index (κ1) is 20.0. The summed E-state index contributed by atoms with van der Waals surface area (Å²) < 4.78 is 0. The summed E-state index contributed by atoms with van der Waals surface area (Å²) in [5.74, 6) is 0.121. The molecule has 1 aliphatic heterocycles. The van der Waals surface area contributed by atoms with Crippen molar-refractivity contribution in [1.82, 2.24) is 4.98 Å². The second-order valence-corrected chi connectivity index (χ2v) is 8.94. The molecule has 0 radical (unpaired) electrons. The second-order valence-electron chi connectivity index (χ2n) is 7.94. The summed E-state index contributed by atoms with van der Waals surface area (Å²) in [6, 6.07) is 2.21. The molecule has 2 aromatic rings. The molecule has 6 nitrogen and oxygen atoms in total. The van der Waals surface area contributed by atoms with E-state index in [9.17, 15) is 9.59 Å². The van der Waals surface area contributed by atoms with Gasteiger partial charge in [-0.2, -0.15) is 0 Å². The molecule has 0 unspecified atom stereocenters. The number of thiophene rings is 1. The summed E-state index contributed by atoms with van der Waals surface area (Å²) in [5, 5.41) is 4.15. The van der Waals surface area contributed by atoms with Crippen molar-refractivity contribution in [3.05, 3.63) is 17.1 Å². The molecule has 154 valence electrons. The summed E-state index contributed by atoms with van der Waals surface area (Å²) in [6.45, 7) is 2.28. The van der Waals surface area contributed by atoms with Crippen LogP contribution in [0.3, 0.4) is 0 Å². The molecular weight excluding hydrogens is 384 g/mol. The van der Waals surface area contributed by atoms with Gasteiger partial charge < -0.3 is 10.2 Å². The number of anilines is 2. The van der Waals surface area contributed by atoms with Gasteiger partial charge in [0.05, 0.1) is 34.0 Å². The normalized spacial score (nSPS) is 19.1. The predicted octanol–water partition coefficient (Wildman–Crippen LogP) is 5.18. The van der Waals surface area contributed by atoms with Crippen LogP contribution in [0.1, 0.15) is 74.4 Å². The van der Waals surface area contributed by atoms with Crippen LogP contribution in [0, 0.1) is 0 Å².